The molecule has 2 aromatic rings. The van der Waals surface area contributed by atoms with E-state index in [1.165, 1.54) is 12.1 Å². The molecule has 1 heterocycles. The summed E-state index contributed by atoms with van der Waals surface area (Å²) < 4.78 is 15.7. The van der Waals surface area contributed by atoms with Crippen LogP contribution in [0.4, 0.5) is 4.39 Å². The molecule has 3 nitrogen and oxygen atoms in total. The summed E-state index contributed by atoms with van der Waals surface area (Å²) in [5.74, 6) is 1.11. The summed E-state index contributed by atoms with van der Waals surface area (Å²) in [5, 5.41) is 7.02. The van der Waals surface area contributed by atoms with Gasteiger partial charge in [0.2, 0.25) is 0 Å². The topological polar surface area (TPSA) is 33.6 Å². The molecule has 1 N–H and O–H groups in total. The van der Waals surface area contributed by atoms with E-state index in [1.807, 2.05) is 10.6 Å². The Bertz CT molecular complexity index is 586. The fourth-order valence-electron chi connectivity index (χ4n) is 1.87. The second kappa shape index (κ2) is 5.44. The molecule has 2 rings (SSSR count). The van der Waals surface area contributed by atoms with Crippen LogP contribution in [0.3, 0.4) is 0 Å². The monoisotopic (exact) mass is 265 g/mol. The molecule has 1 aromatic carbocycles. The number of nitrogens with one attached hydrogen (secondary N) is 1. The van der Waals surface area contributed by atoms with Gasteiger partial charge in [-0.1, -0.05) is 26.0 Å². The van der Waals surface area contributed by atoms with Gasteiger partial charge in [0.15, 0.2) is 4.77 Å². The molecule has 1 aromatic heterocycles. The maximum atomic E-state index is 13.1. The lowest BCUT2D eigenvalue weighted by Gasteiger charge is -2.09. The van der Waals surface area contributed by atoms with Gasteiger partial charge >= 0.3 is 0 Å². The van der Waals surface area contributed by atoms with Crippen molar-refractivity contribution in [3.63, 3.8) is 0 Å². The average molecular weight is 265 g/mol. The smallest absolute Gasteiger partial charge is 0.195 e. The molecule has 0 saturated heterocycles. The molecule has 5 heteroatoms. The van der Waals surface area contributed by atoms with E-state index in [2.05, 4.69) is 24.0 Å². The zero-order chi connectivity index (χ0) is 13.1. The number of rotatable bonds is 4. The van der Waals surface area contributed by atoms with Crippen molar-refractivity contribution in [2.75, 3.05) is 0 Å². The Morgan fingerprint density at radius 1 is 1.44 bits per heavy atom. The predicted molar refractivity (Wildman–Crippen MR) is 71.5 cm³/mol. The van der Waals surface area contributed by atoms with Gasteiger partial charge in [0.05, 0.1) is 0 Å². The van der Waals surface area contributed by atoms with Crippen LogP contribution in [0.1, 0.15) is 25.2 Å². The van der Waals surface area contributed by atoms with E-state index in [9.17, 15) is 4.39 Å². The number of nitrogens with zero attached hydrogens (tertiary/aromatic N) is 2. The number of benzene rings is 1. The lowest BCUT2D eigenvalue weighted by molar-refractivity contribution is 0.505. The lowest BCUT2D eigenvalue weighted by atomic mass is 10.1. The molecule has 0 aliphatic heterocycles. The van der Waals surface area contributed by atoms with Crippen LogP contribution in [0.2, 0.25) is 0 Å². The maximum Gasteiger partial charge on any atom is 0.195 e. The summed E-state index contributed by atoms with van der Waals surface area (Å²) in [6.07, 6.45) is 0.581. The predicted octanol–water partition coefficient (Wildman–Crippen LogP) is 3.33. The van der Waals surface area contributed by atoms with E-state index in [4.69, 9.17) is 12.2 Å². The van der Waals surface area contributed by atoms with E-state index in [1.54, 1.807) is 6.07 Å². The highest BCUT2D eigenvalue weighted by Crippen LogP contribution is 2.11. The van der Waals surface area contributed by atoms with Gasteiger partial charge in [0.1, 0.15) is 11.6 Å². The highest BCUT2D eigenvalue weighted by molar-refractivity contribution is 7.71. The molecule has 0 bridgehead atoms. The fraction of sp³-hybridized carbons (Fsp3) is 0.385. The molecule has 96 valence electrons. The van der Waals surface area contributed by atoms with E-state index in [0.717, 1.165) is 17.9 Å². The van der Waals surface area contributed by atoms with Crippen LogP contribution in [-0.4, -0.2) is 14.8 Å². The molecular formula is C13H16FN3S. The SMILES string of the molecule is CC(C)Cn1c(Cc2cccc(F)c2)n[nH]c1=S. The van der Waals surface area contributed by atoms with Crippen LogP contribution in [-0.2, 0) is 13.0 Å². The summed E-state index contributed by atoms with van der Waals surface area (Å²) in [4.78, 5) is 0. The number of halogens is 1. The van der Waals surface area contributed by atoms with Crippen molar-refractivity contribution < 1.29 is 4.39 Å². The molecule has 0 unspecified atom stereocenters. The van der Waals surface area contributed by atoms with E-state index < -0.39 is 0 Å². The highest BCUT2D eigenvalue weighted by Gasteiger charge is 2.08. The second-order valence-corrected chi connectivity index (χ2v) is 5.14. The fourth-order valence-corrected chi connectivity index (χ4v) is 2.09. The molecule has 18 heavy (non-hydrogen) atoms. The summed E-state index contributed by atoms with van der Waals surface area (Å²) in [5.41, 5.74) is 0.897. The summed E-state index contributed by atoms with van der Waals surface area (Å²) in [6, 6.07) is 6.56. The number of aromatic amines is 1. The van der Waals surface area contributed by atoms with Gasteiger partial charge in [0, 0.05) is 13.0 Å². The lowest BCUT2D eigenvalue weighted by Crippen LogP contribution is -2.09. The van der Waals surface area contributed by atoms with E-state index in [0.29, 0.717) is 17.1 Å². The number of hydrogen-bond donors (Lipinski definition) is 1. The summed E-state index contributed by atoms with van der Waals surface area (Å²) in [6.45, 7) is 5.07. The first-order valence-electron chi connectivity index (χ1n) is 5.95. The van der Waals surface area contributed by atoms with Gasteiger partial charge in [-0.15, -0.1) is 0 Å². The third kappa shape index (κ3) is 3.04. The van der Waals surface area contributed by atoms with Crippen LogP contribution < -0.4 is 0 Å². The zero-order valence-corrected chi connectivity index (χ0v) is 11.3. The average Bonchev–Trinajstić information content (AvgIpc) is 2.61. The maximum absolute atomic E-state index is 13.1. The van der Waals surface area contributed by atoms with Crippen molar-refractivity contribution in [2.45, 2.75) is 26.8 Å². The Hall–Kier alpha value is -1.49. The largest absolute Gasteiger partial charge is 0.304 e. The van der Waals surface area contributed by atoms with Crippen LogP contribution >= 0.6 is 12.2 Å². The van der Waals surface area contributed by atoms with Gasteiger partial charge in [-0.3, -0.25) is 5.10 Å². The molecular weight excluding hydrogens is 249 g/mol. The minimum absolute atomic E-state index is 0.225. The van der Waals surface area contributed by atoms with Gasteiger partial charge in [0.25, 0.3) is 0 Å². The Morgan fingerprint density at radius 2 is 2.22 bits per heavy atom. The molecule has 0 atom stereocenters. The molecule has 0 fully saturated rings. The molecule has 0 amide bonds. The van der Waals surface area contributed by atoms with Crippen molar-refractivity contribution in [3.05, 3.63) is 46.2 Å². The van der Waals surface area contributed by atoms with Crippen molar-refractivity contribution in [1.29, 1.82) is 0 Å². The van der Waals surface area contributed by atoms with Gasteiger partial charge in [-0.05, 0) is 35.8 Å². The van der Waals surface area contributed by atoms with Crippen molar-refractivity contribution >= 4 is 12.2 Å². The Labute approximate surface area is 111 Å². The molecule has 0 spiro atoms. The third-order valence-electron chi connectivity index (χ3n) is 2.64. The van der Waals surface area contributed by atoms with E-state index >= 15 is 0 Å². The first kappa shape index (κ1) is 13.0. The first-order valence-corrected chi connectivity index (χ1v) is 6.35. The van der Waals surface area contributed by atoms with Crippen LogP contribution in [0, 0.1) is 16.5 Å². The van der Waals surface area contributed by atoms with Crippen LogP contribution in [0.5, 0.6) is 0 Å². The Kier molecular flexibility index (Phi) is 3.91. The van der Waals surface area contributed by atoms with E-state index in [-0.39, 0.29) is 5.82 Å². The first-order chi connectivity index (χ1) is 8.56. The van der Waals surface area contributed by atoms with Gasteiger partial charge in [-0.25, -0.2) is 4.39 Å². The summed E-state index contributed by atoms with van der Waals surface area (Å²) >= 11 is 5.20. The molecule has 0 radical (unpaired) electrons. The van der Waals surface area contributed by atoms with Crippen molar-refractivity contribution in [1.82, 2.24) is 14.8 Å². The quantitative estimate of drug-likeness (QED) is 0.860. The Balaban J connectivity index is 2.26. The molecule has 0 saturated carbocycles. The molecule has 0 aliphatic rings. The highest BCUT2D eigenvalue weighted by atomic mass is 32.1. The van der Waals surface area contributed by atoms with Crippen LogP contribution in [0.25, 0.3) is 0 Å². The van der Waals surface area contributed by atoms with Gasteiger partial charge < -0.3 is 4.57 Å². The van der Waals surface area contributed by atoms with Crippen LogP contribution in [0.15, 0.2) is 24.3 Å². The van der Waals surface area contributed by atoms with Gasteiger partial charge in [-0.2, -0.15) is 5.10 Å². The third-order valence-corrected chi connectivity index (χ3v) is 2.95. The minimum atomic E-state index is -0.225. The van der Waals surface area contributed by atoms with Crippen molar-refractivity contribution in [3.8, 4) is 0 Å². The Morgan fingerprint density at radius 3 is 2.89 bits per heavy atom. The summed E-state index contributed by atoms with van der Waals surface area (Å²) in [7, 11) is 0. The van der Waals surface area contributed by atoms with Crippen molar-refractivity contribution in [2.24, 2.45) is 5.92 Å². The normalized spacial score (nSPS) is 11.1. The minimum Gasteiger partial charge on any atom is -0.304 e. The number of H-pyrrole nitrogens is 1. The standard InChI is InChI=1S/C13H16FN3S/c1-9(2)8-17-12(15-16-13(17)18)7-10-4-3-5-11(14)6-10/h3-6,9H,7-8H2,1-2H3,(H,16,18). The zero-order valence-electron chi connectivity index (χ0n) is 10.5. The number of hydrogen-bond acceptors (Lipinski definition) is 2. The number of aromatic nitrogens is 3. The second-order valence-electron chi connectivity index (χ2n) is 4.76. The molecule has 0 aliphatic carbocycles.